The highest BCUT2D eigenvalue weighted by molar-refractivity contribution is 7.87. The van der Waals surface area contributed by atoms with Crippen molar-refractivity contribution in [1.29, 1.82) is 0 Å². The van der Waals surface area contributed by atoms with Gasteiger partial charge in [0.25, 0.3) is 0 Å². The zero-order valence-corrected chi connectivity index (χ0v) is 25.3. The Labute approximate surface area is 255 Å². The minimum absolute atomic E-state index is 0.0166. The Hall–Kier alpha value is -3.89. The molecule has 9 nitrogen and oxygen atoms in total. The van der Waals surface area contributed by atoms with Gasteiger partial charge in [-0.2, -0.15) is 8.42 Å². The highest BCUT2D eigenvalue weighted by Gasteiger charge is 2.44. The van der Waals surface area contributed by atoms with Crippen LogP contribution in [0.15, 0.2) is 76.5 Å². The van der Waals surface area contributed by atoms with Crippen LogP contribution in [0.1, 0.15) is 62.5 Å². The summed E-state index contributed by atoms with van der Waals surface area (Å²) in [6, 6.07) is 8.94. The number of carbonyl (C=O) groups excluding carboxylic acids is 2. The summed E-state index contributed by atoms with van der Waals surface area (Å²) >= 11 is 5.94. The number of halogens is 1. The van der Waals surface area contributed by atoms with E-state index in [1.54, 1.807) is 30.0 Å². The van der Waals surface area contributed by atoms with Gasteiger partial charge in [0.15, 0.2) is 23.1 Å². The maximum Gasteiger partial charge on any atom is 0.339 e. The summed E-state index contributed by atoms with van der Waals surface area (Å²) in [5, 5.41) is 10.1. The third-order valence-corrected chi connectivity index (χ3v) is 9.31. The van der Waals surface area contributed by atoms with Crippen molar-refractivity contribution >= 4 is 39.3 Å². The first kappa shape index (κ1) is 30.6. The minimum atomic E-state index is -4.29. The van der Waals surface area contributed by atoms with Crippen LogP contribution in [-0.4, -0.2) is 49.1 Å². The van der Waals surface area contributed by atoms with Gasteiger partial charge in [-0.1, -0.05) is 23.7 Å². The van der Waals surface area contributed by atoms with Gasteiger partial charge in [-0.15, -0.1) is 6.58 Å². The Morgan fingerprint density at radius 1 is 1.05 bits per heavy atom. The Kier molecular flexibility index (Phi) is 8.80. The topological polar surface area (TPSA) is 127 Å². The van der Waals surface area contributed by atoms with E-state index in [4.69, 9.17) is 20.5 Å². The number of carboxylic acid groups (broad SMARTS) is 1. The molecule has 0 amide bonds. The van der Waals surface area contributed by atoms with Crippen molar-refractivity contribution in [1.82, 2.24) is 4.90 Å². The third kappa shape index (κ3) is 5.99. The van der Waals surface area contributed by atoms with Crippen LogP contribution in [0.4, 0.5) is 0 Å². The number of aliphatic carboxylic acids is 1. The molecule has 0 spiro atoms. The van der Waals surface area contributed by atoms with Gasteiger partial charge in [-0.25, -0.2) is 0 Å². The normalized spacial score (nSPS) is 17.5. The predicted octanol–water partition coefficient (Wildman–Crippen LogP) is 5.73. The molecule has 2 aromatic rings. The Balaban J connectivity index is 1.71. The van der Waals surface area contributed by atoms with E-state index in [9.17, 15) is 27.9 Å². The zero-order valence-electron chi connectivity index (χ0n) is 23.7. The zero-order chi connectivity index (χ0) is 30.9. The van der Waals surface area contributed by atoms with Gasteiger partial charge >= 0.3 is 16.1 Å². The molecule has 1 aliphatic heterocycles. The minimum Gasteiger partial charge on any atom is -0.490 e. The van der Waals surface area contributed by atoms with E-state index in [1.165, 1.54) is 24.3 Å². The van der Waals surface area contributed by atoms with E-state index in [0.717, 1.165) is 0 Å². The lowest BCUT2D eigenvalue weighted by Crippen LogP contribution is -2.41. The molecule has 3 aliphatic rings. The molecule has 2 aromatic carbocycles. The summed E-state index contributed by atoms with van der Waals surface area (Å²) in [4.78, 5) is 40.6. The molecule has 0 unspecified atom stereocenters. The van der Waals surface area contributed by atoms with E-state index >= 15 is 0 Å². The number of benzene rings is 2. The number of ketones is 2. The van der Waals surface area contributed by atoms with Gasteiger partial charge in [-0.3, -0.25) is 14.4 Å². The molecule has 0 saturated carbocycles. The fraction of sp³-hybridized carbons (Fsp3) is 0.344. The van der Waals surface area contributed by atoms with Crippen molar-refractivity contribution in [3.05, 3.63) is 87.7 Å². The van der Waals surface area contributed by atoms with Crippen LogP contribution in [0.3, 0.4) is 0 Å². The van der Waals surface area contributed by atoms with Crippen LogP contribution in [0.2, 0.25) is 5.02 Å². The highest BCUT2D eigenvalue weighted by Crippen LogP contribution is 2.50. The number of ether oxygens (including phenoxy) is 1. The van der Waals surface area contributed by atoms with Crippen LogP contribution >= 0.6 is 11.6 Å². The van der Waals surface area contributed by atoms with Gasteiger partial charge in [0.05, 0.1) is 6.61 Å². The second-order valence-corrected chi connectivity index (χ2v) is 12.6. The van der Waals surface area contributed by atoms with Crippen LogP contribution in [0, 0.1) is 0 Å². The highest BCUT2D eigenvalue weighted by atomic mass is 35.5. The number of nitrogens with zero attached hydrogens (tertiary/aromatic N) is 1. The molecule has 11 heteroatoms. The molecular formula is C32H32ClNO8S. The number of hydrogen-bond acceptors (Lipinski definition) is 8. The second-order valence-electron chi connectivity index (χ2n) is 10.6. The van der Waals surface area contributed by atoms with Crippen LogP contribution in [0.25, 0.3) is 0 Å². The molecule has 0 radical (unpaired) electrons. The Morgan fingerprint density at radius 3 is 2.19 bits per heavy atom. The summed E-state index contributed by atoms with van der Waals surface area (Å²) in [7, 11) is -4.29. The molecule has 0 bridgehead atoms. The number of carbonyl (C=O) groups is 3. The molecule has 2 aliphatic carbocycles. The quantitative estimate of drug-likeness (QED) is 0.260. The SMILES string of the molecule is C=CCc1cc(C2C3=C(CCCC3=O)N(CC(=O)O)C3=C2C(=O)CCC3)cc(OCC)c1OS(=O)(=O)c1ccc(Cl)cc1. The van der Waals surface area contributed by atoms with Crippen LogP contribution in [0.5, 0.6) is 11.5 Å². The summed E-state index contributed by atoms with van der Waals surface area (Å²) in [6.07, 6.45) is 4.55. The van der Waals surface area contributed by atoms with Crippen molar-refractivity contribution in [3.8, 4) is 11.5 Å². The molecule has 0 aromatic heterocycles. The molecule has 0 saturated heterocycles. The number of hydrogen-bond donors (Lipinski definition) is 1. The Morgan fingerprint density at radius 2 is 1.65 bits per heavy atom. The van der Waals surface area contributed by atoms with Crippen molar-refractivity contribution in [2.75, 3.05) is 13.2 Å². The van der Waals surface area contributed by atoms with E-state index in [1.807, 2.05) is 0 Å². The maximum absolute atomic E-state index is 13.6. The largest absolute Gasteiger partial charge is 0.490 e. The first-order chi connectivity index (χ1) is 20.6. The molecule has 1 heterocycles. The molecular weight excluding hydrogens is 594 g/mol. The standard InChI is InChI=1S/C32H32ClNO8S/c1-3-7-19-16-20(17-27(41-4-2)32(19)42-43(39,40)22-14-12-21(33)13-15-22)29-30-23(8-5-10-25(30)35)34(18-28(37)38)24-9-6-11-26(36)31(24)29/h3,12-17,29H,1,4-11,18H2,2H3,(H,37,38). The van der Waals surface area contributed by atoms with Crippen LogP contribution in [-0.2, 0) is 30.9 Å². The number of Topliss-reactive ketones (excluding diaryl/α,β-unsaturated/α-hetero) is 2. The molecule has 226 valence electrons. The number of allylic oxidation sites excluding steroid dienone is 5. The van der Waals surface area contributed by atoms with Crippen molar-refractivity contribution in [3.63, 3.8) is 0 Å². The molecule has 0 fully saturated rings. The molecule has 5 rings (SSSR count). The lowest BCUT2D eigenvalue weighted by molar-refractivity contribution is -0.138. The van der Waals surface area contributed by atoms with Crippen molar-refractivity contribution < 1.29 is 36.8 Å². The number of carboxylic acids is 1. The maximum atomic E-state index is 13.6. The van der Waals surface area contributed by atoms with E-state index < -0.39 is 22.0 Å². The summed E-state index contributed by atoms with van der Waals surface area (Å²) in [6.45, 7) is 5.42. The average Bonchev–Trinajstić information content (AvgIpc) is 2.95. The van der Waals surface area contributed by atoms with Gasteiger partial charge in [0.2, 0.25) is 0 Å². The van der Waals surface area contributed by atoms with Crippen molar-refractivity contribution in [2.24, 2.45) is 0 Å². The van der Waals surface area contributed by atoms with Gasteiger partial charge < -0.3 is 18.9 Å². The van der Waals surface area contributed by atoms with E-state index in [-0.39, 0.29) is 60.4 Å². The van der Waals surface area contributed by atoms with Crippen LogP contribution < -0.4 is 8.92 Å². The van der Waals surface area contributed by atoms with Gasteiger partial charge in [-0.05, 0) is 74.9 Å². The monoisotopic (exact) mass is 625 g/mol. The average molecular weight is 626 g/mol. The van der Waals surface area contributed by atoms with Crippen molar-refractivity contribution in [2.45, 2.75) is 62.7 Å². The fourth-order valence-electron chi connectivity index (χ4n) is 6.15. The third-order valence-electron chi connectivity index (χ3n) is 7.83. The first-order valence-corrected chi connectivity index (χ1v) is 16.0. The predicted molar refractivity (Wildman–Crippen MR) is 160 cm³/mol. The molecule has 0 atom stereocenters. The first-order valence-electron chi connectivity index (χ1n) is 14.2. The summed E-state index contributed by atoms with van der Waals surface area (Å²) in [5.41, 5.74) is 3.10. The smallest absolute Gasteiger partial charge is 0.339 e. The van der Waals surface area contributed by atoms with Gasteiger partial charge in [0, 0.05) is 51.9 Å². The lowest BCUT2D eigenvalue weighted by Gasteiger charge is -2.43. The molecule has 43 heavy (non-hydrogen) atoms. The summed E-state index contributed by atoms with van der Waals surface area (Å²) < 4.78 is 38.2. The summed E-state index contributed by atoms with van der Waals surface area (Å²) in [5.74, 6) is -1.96. The number of rotatable bonds is 10. The van der Waals surface area contributed by atoms with Gasteiger partial charge in [0.1, 0.15) is 11.4 Å². The van der Waals surface area contributed by atoms with E-state index in [2.05, 4.69) is 6.58 Å². The lowest BCUT2D eigenvalue weighted by atomic mass is 9.70. The fourth-order valence-corrected chi connectivity index (χ4v) is 7.25. The van der Waals surface area contributed by atoms with E-state index in [0.29, 0.717) is 64.4 Å². The Bertz CT molecular complexity index is 1630. The molecule has 1 N–H and O–H groups in total. The second kappa shape index (κ2) is 12.4.